The van der Waals surface area contributed by atoms with E-state index >= 15 is 0 Å². The first-order valence-electron chi connectivity index (χ1n) is 9.98. The van der Waals surface area contributed by atoms with Crippen LogP contribution in [0.15, 0.2) is 56.8 Å². The minimum absolute atomic E-state index is 0.222. The number of fused-ring (bicyclic) bond motifs is 3. The fourth-order valence-corrected chi connectivity index (χ4v) is 3.40. The van der Waals surface area contributed by atoms with Crippen LogP contribution < -0.4 is 10.4 Å². The third-order valence-corrected chi connectivity index (χ3v) is 5.04. The minimum atomic E-state index is -1.05. The minimum Gasteiger partial charge on any atom is -0.483 e. The van der Waals surface area contributed by atoms with Crippen LogP contribution in [0.4, 0.5) is 0 Å². The Morgan fingerprint density at radius 2 is 1.74 bits per heavy atom. The molecule has 3 rings (SSSR count). The molecule has 0 bridgehead atoms. The highest BCUT2D eigenvalue weighted by molar-refractivity contribution is 5.88. The van der Waals surface area contributed by atoms with Crippen LogP contribution in [0.2, 0.25) is 0 Å². The topological polar surface area (TPSA) is 92.0 Å². The molecule has 164 valence electrons. The van der Waals surface area contributed by atoms with Gasteiger partial charge in [-0.2, -0.15) is 0 Å². The Balaban J connectivity index is 2.22. The third kappa shape index (κ3) is 4.55. The van der Waals surface area contributed by atoms with Crippen LogP contribution in [0.1, 0.15) is 53.2 Å². The van der Waals surface area contributed by atoms with Crippen LogP contribution in [0.3, 0.4) is 0 Å². The van der Waals surface area contributed by atoms with Crippen molar-refractivity contribution in [1.82, 2.24) is 0 Å². The Hall–Kier alpha value is -3.35. The molecule has 0 unspecified atom stereocenters. The number of benzene rings is 1. The first-order valence-corrected chi connectivity index (χ1v) is 9.98. The van der Waals surface area contributed by atoms with E-state index in [0.717, 1.165) is 5.57 Å². The van der Waals surface area contributed by atoms with Gasteiger partial charge >= 0.3 is 17.6 Å². The number of allylic oxidation sites excluding steroid dienone is 2. The molecule has 2 heterocycles. The van der Waals surface area contributed by atoms with E-state index in [1.807, 2.05) is 0 Å². The summed E-state index contributed by atoms with van der Waals surface area (Å²) in [7, 11) is 0. The molecule has 7 heteroatoms. The second-order valence-electron chi connectivity index (χ2n) is 8.23. The van der Waals surface area contributed by atoms with Crippen LogP contribution in [-0.4, -0.2) is 23.6 Å². The second-order valence-corrected chi connectivity index (χ2v) is 8.23. The molecule has 0 radical (unpaired) electrons. The number of hydrogen-bond donors (Lipinski definition) is 0. The van der Waals surface area contributed by atoms with E-state index in [9.17, 15) is 14.4 Å². The maximum atomic E-state index is 12.6. The van der Waals surface area contributed by atoms with Crippen molar-refractivity contribution in [2.24, 2.45) is 0 Å². The molecule has 2 aromatic rings. The predicted octanol–water partition coefficient (Wildman–Crippen LogP) is 4.39. The summed E-state index contributed by atoms with van der Waals surface area (Å²) in [5.74, 6) is -0.776. The van der Waals surface area contributed by atoms with Crippen LogP contribution in [-0.2, 0) is 19.1 Å². The highest BCUT2D eigenvalue weighted by Gasteiger charge is 2.50. The molecule has 2 atom stereocenters. The van der Waals surface area contributed by atoms with Crippen molar-refractivity contribution < 1.29 is 28.2 Å². The highest BCUT2D eigenvalue weighted by Crippen LogP contribution is 2.46. The predicted molar refractivity (Wildman–Crippen MR) is 115 cm³/mol. The molecular formula is C24H26O7. The smallest absolute Gasteiger partial charge is 0.336 e. The third-order valence-electron chi connectivity index (χ3n) is 5.04. The molecule has 0 N–H and O–H groups in total. The average Bonchev–Trinajstić information content (AvgIpc) is 2.68. The summed E-state index contributed by atoms with van der Waals surface area (Å²) in [6, 6.07) is 6.38. The SMILES string of the molecule is CC=C(C)C(=O)O[C@@H]1[C@H](OC(=O)C=C(C)C)c2c(ccc3ccc(=O)oc23)OC1(C)C. The Morgan fingerprint density at radius 3 is 2.39 bits per heavy atom. The Bertz CT molecular complexity index is 1150. The summed E-state index contributed by atoms with van der Waals surface area (Å²) in [5, 5.41) is 0.625. The first kappa shape index (κ1) is 22.3. The van der Waals surface area contributed by atoms with Gasteiger partial charge < -0.3 is 18.6 Å². The van der Waals surface area contributed by atoms with Gasteiger partial charge in [-0.1, -0.05) is 11.6 Å². The molecule has 1 aromatic carbocycles. The monoisotopic (exact) mass is 426 g/mol. The van der Waals surface area contributed by atoms with Crippen molar-refractivity contribution in [1.29, 1.82) is 0 Å². The van der Waals surface area contributed by atoms with E-state index < -0.39 is 35.4 Å². The largest absolute Gasteiger partial charge is 0.483 e. The number of rotatable bonds is 4. The molecule has 1 aliphatic rings. The number of carbonyl (C=O) groups is 2. The first-order chi connectivity index (χ1) is 14.5. The van der Waals surface area contributed by atoms with E-state index in [-0.39, 0.29) is 5.58 Å². The molecule has 0 saturated carbocycles. The summed E-state index contributed by atoms with van der Waals surface area (Å²) in [4.78, 5) is 37.1. The van der Waals surface area contributed by atoms with Crippen LogP contribution in [0.25, 0.3) is 11.0 Å². The van der Waals surface area contributed by atoms with Crippen molar-refractivity contribution in [3.8, 4) is 5.75 Å². The zero-order chi connectivity index (χ0) is 22.9. The van der Waals surface area contributed by atoms with Gasteiger partial charge in [0.25, 0.3) is 0 Å². The van der Waals surface area contributed by atoms with Crippen molar-refractivity contribution in [2.75, 3.05) is 0 Å². The Morgan fingerprint density at radius 1 is 1.06 bits per heavy atom. The molecular weight excluding hydrogens is 400 g/mol. The van der Waals surface area contributed by atoms with Gasteiger partial charge in [0.05, 0.1) is 5.56 Å². The molecule has 31 heavy (non-hydrogen) atoms. The molecule has 7 nitrogen and oxygen atoms in total. The van der Waals surface area contributed by atoms with Gasteiger partial charge in [0.15, 0.2) is 12.2 Å². The number of esters is 2. The van der Waals surface area contributed by atoms with E-state index in [0.29, 0.717) is 22.3 Å². The molecule has 0 amide bonds. The van der Waals surface area contributed by atoms with Gasteiger partial charge in [-0.3, -0.25) is 0 Å². The fourth-order valence-electron chi connectivity index (χ4n) is 3.40. The molecule has 0 fully saturated rings. The number of carbonyl (C=O) groups excluding carboxylic acids is 2. The van der Waals surface area contributed by atoms with Gasteiger partial charge in [0.2, 0.25) is 0 Å². The van der Waals surface area contributed by atoms with E-state index in [2.05, 4.69) is 0 Å². The molecule has 0 saturated heterocycles. The number of hydrogen-bond acceptors (Lipinski definition) is 7. The van der Waals surface area contributed by atoms with E-state index in [4.69, 9.17) is 18.6 Å². The lowest BCUT2D eigenvalue weighted by atomic mass is 9.87. The summed E-state index contributed by atoms with van der Waals surface area (Å²) >= 11 is 0. The highest BCUT2D eigenvalue weighted by atomic mass is 16.6. The summed E-state index contributed by atoms with van der Waals surface area (Å²) in [6.07, 6.45) is 0.934. The maximum absolute atomic E-state index is 12.6. The van der Waals surface area contributed by atoms with E-state index in [1.165, 1.54) is 12.1 Å². The average molecular weight is 426 g/mol. The lowest BCUT2D eigenvalue weighted by Crippen LogP contribution is -2.52. The van der Waals surface area contributed by atoms with Gasteiger partial charge in [-0.05, 0) is 59.7 Å². The van der Waals surface area contributed by atoms with Gasteiger partial charge in [0, 0.05) is 23.1 Å². The molecule has 0 aliphatic carbocycles. The van der Waals surface area contributed by atoms with Crippen LogP contribution in [0, 0.1) is 0 Å². The van der Waals surface area contributed by atoms with Crippen molar-refractivity contribution in [3.63, 3.8) is 0 Å². The van der Waals surface area contributed by atoms with Crippen LogP contribution in [0.5, 0.6) is 5.75 Å². The zero-order valence-electron chi connectivity index (χ0n) is 18.5. The second kappa shape index (κ2) is 8.41. The van der Waals surface area contributed by atoms with Gasteiger partial charge in [0.1, 0.15) is 16.9 Å². The molecule has 1 aromatic heterocycles. The number of ether oxygens (including phenoxy) is 3. The van der Waals surface area contributed by atoms with Crippen molar-refractivity contribution in [3.05, 3.63) is 63.5 Å². The molecule has 1 aliphatic heterocycles. The van der Waals surface area contributed by atoms with Crippen LogP contribution >= 0.6 is 0 Å². The Labute approximate surface area is 180 Å². The lowest BCUT2D eigenvalue weighted by Gasteiger charge is -2.43. The van der Waals surface area contributed by atoms with E-state index in [1.54, 1.807) is 65.8 Å². The summed E-state index contributed by atoms with van der Waals surface area (Å²) in [6.45, 7) is 10.4. The quantitative estimate of drug-likeness (QED) is 0.407. The normalized spacial score (nSPS) is 19.7. The Kier molecular flexibility index (Phi) is 6.06. The zero-order valence-corrected chi connectivity index (χ0v) is 18.5. The lowest BCUT2D eigenvalue weighted by molar-refractivity contribution is -0.185. The fraction of sp³-hybridized carbons (Fsp3) is 0.375. The standard InChI is InChI=1S/C24H26O7/c1-7-14(4)23(27)30-22-21(29-18(26)12-13(2)3)19-16(31-24(22,5)6)10-8-15-9-11-17(25)28-20(15)19/h7-12,21-22H,1-6H3/t21-,22-/m1/s1. The molecule has 0 spiro atoms. The summed E-state index contributed by atoms with van der Waals surface area (Å²) in [5.41, 5.74) is 0.133. The summed E-state index contributed by atoms with van der Waals surface area (Å²) < 4.78 is 23.1. The maximum Gasteiger partial charge on any atom is 0.336 e. The van der Waals surface area contributed by atoms with Gasteiger partial charge in [-0.15, -0.1) is 0 Å². The van der Waals surface area contributed by atoms with Gasteiger partial charge in [-0.25, -0.2) is 14.4 Å². The van der Waals surface area contributed by atoms with Crippen molar-refractivity contribution >= 4 is 22.9 Å². The van der Waals surface area contributed by atoms with Crippen molar-refractivity contribution in [2.45, 2.75) is 59.4 Å².